The van der Waals surface area contributed by atoms with Crippen molar-refractivity contribution in [2.75, 3.05) is 0 Å². The van der Waals surface area contributed by atoms with E-state index in [1.165, 1.54) is 6.26 Å². The molecule has 0 fully saturated rings. The summed E-state index contributed by atoms with van der Waals surface area (Å²) in [6, 6.07) is 20.0. The highest BCUT2D eigenvalue weighted by Gasteiger charge is 2.18. The fourth-order valence-electron chi connectivity index (χ4n) is 3.27. The molecule has 0 N–H and O–H groups in total. The monoisotopic (exact) mass is 444 g/mol. The fourth-order valence-corrected chi connectivity index (χ4v) is 3.27. The Labute approximate surface area is 191 Å². The lowest BCUT2D eigenvalue weighted by atomic mass is 10.1. The second kappa shape index (κ2) is 9.61. The van der Waals surface area contributed by atoms with Crippen LogP contribution < -0.4 is 14.9 Å². The van der Waals surface area contributed by atoms with Gasteiger partial charge in [0.25, 0.3) is 0 Å². The van der Waals surface area contributed by atoms with Gasteiger partial charge in [-0.25, -0.2) is 4.79 Å². The maximum absolute atomic E-state index is 12.9. The number of carbonyl (C=O) groups is 1. The topological polar surface area (TPSA) is 75.0 Å². The van der Waals surface area contributed by atoms with Crippen molar-refractivity contribution < 1.29 is 23.4 Å². The predicted octanol–water partition coefficient (Wildman–Crippen LogP) is 5.71. The molecule has 0 unspecified atom stereocenters. The van der Waals surface area contributed by atoms with Gasteiger partial charge in [0.05, 0.1) is 5.39 Å². The number of hydrogen-bond donors (Lipinski definition) is 0. The zero-order valence-corrected chi connectivity index (χ0v) is 18.7. The number of fused-ring (bicyclic) bond motifs is 1. The number of carbonyl (C=O) groups excluding carboxylic acids is 1. The minimum atomic E-state index is -0.829. The Morgan fingerprint density at radius 1 is 0.970 bits per heavy atom. The van der Waals surface area contributed by atoms with Gasteiger partial charge in [0.2, 0.25) is 11.2 Å². The summed E-state index contributed by atoms with van der Waals surface area (Å²) < 4.78 is 22.5. The molecule has 168 valence electrons. The van der Waals surface area contributed by atoms with Crippen molar-refractivity contribution in [2.24, 2.45) is 0 Å². The van der Waals surface area contributed by atoms with Gasteiger partial charge in [-0.3, -0.25) is 4.79 Å². The van der Waals surface area contributed by atoms with Crippen molar-refractivity contribution >= 4 is 16.9 Å². The molecule has 1 atom stereocenters. The molecule has 0 spiro atoms. The van der Waals surface area contributed by atoms with Gasteiger partial charge in [0.15, 0.2) is 6.10 Å². The number of rotatable bonds is 7. The highest BCUT2D eigenvalue weighted by atomic mass is 16.6. The Hall–Kier alpha value is -4.06. The molecule has 0 aliphatic rings. The van der Waals surface area contributed by atoms with E-state index in [1.807, 2.05) is 62.4 Å². The first-order valence-corrected chi connectivity index (χ1v) is 10.6. The van der Waals surface area contributed by atoms with Crippen LogP contribution in [0.5, 0.6) is 17.2 Å². The average Bonchev–Trinajstić information content (AvgIpc) is 2.82. The molecule has 0 saturated heterocycles. The molecule has 0 saturated carbocycles. The summed E-state index contributed by atoms with van der Waals surface area (Å²) in [5, 5.41) is 0.351. The number of aryl methyl sites for hydroxylation is 2. The maximum Gasteiger partial charge on any atom is 0.347 e. The summed E-state index contributed by atoms with van der Waals surface area (Å²) in [5.74, 6) is 0.600. The molecule has 6 heteroatoms. The molecular formula is C27H24O6. The van der Waals surface area contributed by atoms with Crippen LogP contribution in [0.3, 0.4) is 0 Å². The van der Waals surface area contributed by atoms with Crippen molar-refractivity contribution in [3.8, 4) is 17.2 Å². The van der Waals surface area contributed by atoms with Crippen molar-refractivity contribution in [3.05, 3.63) is 99.9 Å². The summed E-state index contributed by atoms with van der Waals surface area (Å²) >= 11 is 0. The maximum atomic E-state index is 12.9. The molecule has 0 radical (unpaired) electrons. The lowest BCUT2D eigenvalue weighted by Crippen LogP contribution is -2.26. The van der Waals surface area contributed by atoms with Gasteiger partial charge < -0.3 is 18.6 Å². The molecular weight excluding hydrogens is 420 g/mol. The molecule has 4 aromatic rings. The van der Waals surface area contributed by atoms with E-state index in [4.69, 9.17) is 18.6 Å². The van der Waals surface area contributed by atoms with Crippen LogP contribution in [0.15, 0.2) is 82.2 Å². The van der Waals surface area contributed by atoms with Crippen LogP contribution in [-0.4, -0.2) is 12.1 Å². The van der Waals surface area contributed by atoms with Gasteiger partial charge in [-0.15, -0.1) is 0 Å². The SMILES string of the molecule is Cc1ccc(C)c(Oc2coc3cc(O[C@H](C)C(=O)OCc4ccccc4)ccc3c2=O)c1. The van der Waals surface area contributed by atoms with Crippen molar-refractivity contribution in [1.29, 1.82) is 0 Å². The normalized spacial score (nSPS) is 11.7. The summed E-state index contributed by atoms with van der Waals surface area (Å²) in [6.45, 7) is 5.64. The minimum absolute atomic E-state index is 0.0997. The van der Waals surface area contributed by atoms with Crippen LogP contribution in [-0.2, 0) is 16.1 Å². The molecule has 1 aromatic heterocycles. The highest BCUT2D eigenvalue weighted by Crippen LogP contribution is 2.27. The summed E-state index contributed by atoms with van der Waals surface area (Å²) in [7, 11) is 0. The molecule has 1 heterocycles. The van der Waals surface area contributed by atoms with Crippen molar-refractivity contribution in [1.82, 2.24) is 0 Å². The van der Waals surface area contributed by atoms with E-state index < -0.39 is 12.1 Å². The zero-order chi connectivity index (χ0) is 23.4. The number of ether oxygens (including phenoxy) is 3. The van der Waals surface area contributed by atoms with E-state index in [1.54, 1.807) is 25.1 Å². The fraction of sp³-hybridized carbons (Fsp3) is 0.185. The third-order valence-corrected chi connectivity index (χ3v) is 5.15. The molecule has 3 aromatic carbocycles. The Bertz CT molecular complexity index is 1340. The van der Waals surface area contributed by atoms with Crippen LogP contribution in [0.2, 0.25) is 0 Å². The van der Waals surface area contributed by atoms with Gasteiger partial charge in [-0.05, 0) is 55.7 Å². The molecule has 0 aliphatic heterocycles. The molecule has 0 amide bonds. The van der Waals surface area contributed by atoms with Crippen LogP contribution >= 0.6 is 0 Å². The smallest absolute Gasteiger partial charge is 0.347 e. The first-order valence-electron chi connectivity index (χ1n) is 10.6. The van der Waals surface area contributed by atoms with Crippen LogP contribution in [0.4, 0.5) is 0 Å². The number of esters is 1. The summed E-state index contributed by atoms with van der Waals surface area (Å²) in [4.78, 5) is 25.2. The van der Waals surface area contributed by atoms with E-state index in [0.29, 0.717) is 22.5 Å². The largest absolute Gasteiger partial charge is 0.479 e. The van der Waals surface area contributed by atoms with E-state index in [-0.39, 0.29) is 17.8 Å². The quantitative estimate of drug-likeness (QED) is 0.340. The first kappa shape index (κ1) is 22.1. The summed E-state index contributed by atoms with van der Waals surface area (Å²) in [6.07, 6.45) is 0.457. The van der Waals surface area contributed by atoms with E-state index in [0.717, 1.165) is 16.7 Å². The van der Waals surface area contributed by atoms with Crippen LogP contribution in [0.25, 0.3) is 11.0 Å². The Morgan fingerprint density at radius 2 is 1.76 bits per heavy atom. The second-order valence-electron chi connectivity index (χ2n) is 7.81. The number of benzene rings is 3. The van der Waals surface area contributed by atoms with Gasteiger partial charge in [-0.1, -0.05) is 42.5 Å². The lowest BCUT2D eigenvalue weighted by Gasteiger charge is -2.14. The lowest BCUT2D eigenvalue weighted by molar-refractivity contribution is -0.152. The predicted molar refractivity (Wildman–Crippen MR) is 125 cm³/mol. The molecule has 0 aliphatic carbocycles. The van der Waals surface area contributed by atoms with Crippen molar-refractivity contribution in [2.45, 2.75) is 33.5 Å². The third-order valence-electron chi connectivity index (χ3n) is 5.15. The highest BCUT2D eigenvalue weighted by molar-refractivity contribution is 5.79. The van der Waals surface area contributed by atoms with E-state index in [9.17, 15) is 9.59 Å². The van der Waals surface area contributed by atoms with Gasteiger partial charge >= 0.3 is 5.97 Å². The third kappa shape index (κ3) is 5.23. The Kier molecular flexibility index (Phi) is 6.45. The van der Waals surface area contributed by atoms with Crippen molar-refractivity contribution in [3.63, 3.8) is 0 Å². The molecule has 4 rings (SSSR count). The standard InChI is InChI=1S/C27H24O6/c1-17-9-10-18(2)23(13-17)33-25-16-30-24-14-21(11-12-22(24)26(25)28)32-19(3)27(29)31-15-20-7-5-4-6-8-20/h4-14,16,19H,15H2,1-3H3/t19-/m1/s1. The van der Waals surface area contributed by atoms with Crippen LogP contribution in [0, 0.1) is 13.8 Å². The van der Waals surface area contributed by atoms with Crippen LogP contribution in [0.1, 0.15) is 23.6 Å². The average molecular weight is 444 g/mol. The molecule has 33 heavy (non-hydrogen) atoms. The van der Waals surface area contributed by atoms with Gasteiger partial charge in [0, 0.05) is 6.07 Å². The van der Waals surface area contributed by atoms with Gasteiger partial charge in [-0.2, -0.15) is 0 Å². The Balaban J connectivity index is 1.47. The molecule has 6 nitrogen and oxygen atoms in total. The van der Waals surface area contributed by atoms with E-state index >= 15 is 0 Å². The summed E-state index contributed by atoms with van der Waals surface area (Å²) in [5.41, 5.74) is 2.87. The minimum Gasteiger partial charge on any atom is -0.479 e. The first-order chi connectivity index (χ1) is 15.9. The van der Waals surface area contributed by atoms with E-state index in [2.05, 4.69) is 0 Å². The Morgan fingerprint density at radius 3 is 2.55 bits per heavy atom. The second-order valence-corrected chi connectivity index (χ2v) is 7.81. The molecule has 0 bridgehead atoms. The van der Waals surface area contributed by atoms with Gasteiger partial charge in [0.1, 0.15) is 30.0 Å². The zero-order valence-electron chi connectivity index (χ0n) is 18.7. The number of hydrogen-bond acceptors (Lipinski definition) is 6.